The molecular weight excluding hydrogens is 871 g/mol. The third kappa shape index (κ3) is 11.1. The third-order valence-corrected chi connectivity index (χ3v) is 11.7. The van der Waals surface area contributed by atoms with Gasteiger partial charge in [0, 0.05) is 61.2 Å². The van der Waals surface area contributed by atoms with E-state index in [1.165, 1.54) is 24.3 Å². The van der Waals surface area contributed by atoms with Crippen LogP contribution >= 0.6 is 0 Å². The van der Waals surface area contributed by atoms with Gasteiger partial charge >= 0.3 is 52.3 Å². The van der Waals surface area contributed by atoms with E-state index in [1.807, 2.05) is 0 Å². The van der Waals surface area contributed by atoms with Crippen LogP contribution in [0.4, 0.5) is 0 Å². The first kappa shape index (κ1) is 49.0. The minimum atomic E-state index is -1.37. The number of carboxylic acids is 6. The molecule has 0 radical (unpaired) electrons. The molecule has 5 rings (SSSR count). The quantitative estimate of drug-likeness (QED) is 0.0885. The Kier molecular flexibility index (Phi) is 15.3. The van der Waals surface area contributed by atoms with Crippen LogP contribution in [0, 0.1) is 0 Å². The van der Waals surface area contributed by atoms with Gasteiger partial charge in [-0.2, -0.15) is 11.4 Å². The maximum atomic E-state index is 12.8. The standard InChI is InChI=1S/C42H48N6O14.Ni/c1-41(17-33(43)49)23(5-9-37(55)56)29-14-27-21(11-39(59)60)19(3-7-35(51)52)25(45-27)13-26-20(4-8-36(53)54)22(12-40(61)62)28(46-26)15-31-42(2,18-34(44)50)24(6-10-38(57)58)30(48-31)16-32(41)47-29;/h13-16,23-24H,3-12,17-18H2,1-2H3,(H12,43,44,45,46,47,48,49,50,51,52,53,54,55,56,57,58,59,60,61,62);/q;+2/p-2/t23-,24-,41+,42+;/m1./s1. The van der Waals surface area contributed by atoms with Crippen molar-refractivity contribution in [3.05, 3.63) is 69.6 Å². The van der Waals surface area contributed by atoms with Gasteiger partial charge in [0.25, 0.3) is 0 Å². The van der Waals surface area contributed by atoms with E-state index in [0.717, 1.165) is 0 Å². The number of aliphatic carboxylic acids is 6. The second kappa shape index (κ2) is 19.6. The molecule has 0 spiro atoms. The molecular formula is C42H46N6NiO14. The zero-order valence-corrected chi connectivity index (χ0v) is 35.1. The van der Waals surface area contributed by atoms with E-state index >= 15 is 0 Å². The van der Waals surface area contributed by atoms with Crippen LogP contribution < -0.4 is 21.4 Å². The molecule has 10 N–H and O–H groups in total. The number of primary amides is 2. The fourth-order valence-corrected chi connectivity index (χ4v) is 8.86. The fraction of sp³-hybridized carbons (Fsp3) is 0.429. The van der Waals surface area contributed by atoms with Crippen LogP contribution in [0.5, 0.6) is 0 Å². The Morgan fingerprint density at radius 3 is 1.67 bits per heavy atom. The maximum Gasteiger partial charge on any atom is 2.00 e. The van der Waals surface area contributed by atoms with E-state index in [-0.39, 0.29) is 122 Å². The molecule has 2 amide bonds. The van der Waals surface area contributed by atoms with Crippen molar-refractivity contribution in [2.75, 3.05) is 0 Å². The minimum absolute atomic E-state index is 0. The number of amides is 2. The Hall–Kier alpha value is -6.63. The van der Waals surface area contributed by atoms with Crippen molar-refractivity contribution in [1.29, 1.82) is 0 Å². The number of hydrogen-bond acceptors (Lipinski definition) is 10. The summed E-state index contributed by atoms with van der Waals surface area (Å²) in [5.41, 5.74) is 10.1. The summed E-state index contributed by atoms with van der Waals surface area (Å²) in [5.74, 6) is -10.8. The molecule has 3 aliphatic heterocycles. The topological polar surface area (TPSA) is 364 Å². The largest absolute Gasteiger partial charge is 2.00 e. The van der Waals surface area contributed by atoms with Crippen LogP contribution in [0.3, 0.4) is 0 Å². The normalized spacial score (nSPS) is 19.7. The van der Waals surface area contributed by atoms with Crippen molar-refractivity contribution in [2.24, 2.45) is 11.5 Å². The summed E-state index contributed by atoms with van der Waals surface area (Å²) in [6.07, 6.45) is -4.58. The second-order valence-electron chi connectivity index (χ2n) is 16.1. The molecule has 338 valence electrons. The van der Waals surface area contributed by atoms with E-state index < -0.39 is 109 Å². The summed E-state index contributed by atoms with van der Waals surface area (Å²) in [6.45, 7) is 3.26. The van der Waals surface area contributed by atoms with Gasteiger partial charge in [-0.25, -0.2) is 4.98 Å². The van der Waals surface area contributed by atoms with E-state index in [0.29, 0.717) is 0 Å². The predicted molar refractivity (Wildman–Crippen MR) is 215 cm³/mol. The van der Waals surface area contributed by atoms with E-state index in [2.05, 4.69) is 0 Å². The van der Waals surface area contributed by atoms with Gasteiger partial charge in [0.15, 0.2) is 0 Å². The third-order valence-electron chi connectivity index (χ3n) is 11.7. The van der Waals surface area contributed by atoms with E-state index in [4.69, 9.17) is 31.4 Å². The van der Waals surface area contributed by atoms with Crippen molar-refractivity contribution in [3.8, 4) is 0 Å². The Labute approximate surface area is 368 Å². The number of aromatic nitrogens is 4. The summed E-state index contributed by atoms with van der Waals surface area (Å²) < 4.78 is 0. The van der Waals surface area contributed by atoms with Gasteiger partial charge in [-0.05, 0) is 53.7 Å². The zero-order chi connectivity index (χ0) is 45.8. The van der Waals surface area contributed by atoms with Gasteiger partial charge < -0.3 is 52.1 Å². The molecule has 63 heavy (non-hydrogen) atoms. The van der Waals surface area contributed by atoms with Crippen LogP contribution in [0.1, 0.15) is 135 Å². The van der Waals surface area contributed by atoms with Crippen molar-refractivity contribution in [1.82, 2.24) is 19.9 Å². The molecule has 20 nitrogen and oxygen atoms in total. The zero-order valence-electron chi connectivity index (χ0n) is 34.2. The van der Waals surface area contributed by atoms with Crippen LogP contribution in [0.15, 0.2) is 24.3 Å². The summed E-state index contributed by atoms with van der Waals surface area (Å²) in [7, 11) is 0. The number of nitrogens with two attached hydrogens (primary N) is 2. The van der Waals surface area contributed by atoms with Crippen LogP contribution in [-0.4, -0.2) is 88.2 Å². The Balaban J connectivity index is 0.00000871. The van der Waals surface area contributed by atoms with Crippen LogP contribution in [0.2, 0.25) is 0 Å². The average molecular weight is 918 g/mol. The van der Waals surface area contributed by atoms with Crippen molar-refractivity contribution in [2.45, 2.75) is 114 Å². The van der Waals surface area contributed by atoms with Crippen molar-refractivity contribution < 1.29 is 85.5 Å². The van der Waals surface area contributed by atoms with Crippen molar-refractivity contribution in [3.63, 3.8) is 0 Å². The predicted octanol–water partition coefficient (Wildman–Crippen LogP) is 2.75. The molecule has 0 aromatic carbocycles. The number of aryl methyl sites for hydroxylation is 1. The first-order valence-electron chi connectivity index (χ1n) is 19.6. The molecule has 5 heterocycles. The van der Waals surface area contributed by atoms with Gasteiger partial charge in [-0.1, -0.05) is 43.7 Å². The maximum absolute atomic E-state index is 12.8. The Bertz CT molecular complexity index is 2490. The molecule has 21 heteroatoms. The summed E-state index contributed by atoms with van der Waals surface area (Å²) in [6, 6.07) is 5.71. The number of hydrogen-bond donors (Lipinski definition) is 8. The first-order chi connectivity index (χ1) is 29.0. The molecule has 4 atom stereocenters. The molecule has 0 saturated heterocycles. The number of carboxylic acid groups (broad SMARTS) is 6. The fourth-order valence-electron chi connectivity index (χ4n) is 8.86. The number of carbonyl (C=O) groups excluding carboxylic acids is 2. The number of carbonyl (C=O) groups is 8. The molecule has 0 aliphatic carbocycles. The number of rotatable bonds is 20. The molecule has 8 bridgehead atoms. The van der Waals surface area contributed by atoms with Gasteiger partial charge in [0.05, 0.1) is 24.2 Å². The van der Waals surface area contributed by atoms with Gasteiger partial charge in [-0.15, -0.1) is 11.0 Å². The smallest absolute Gasteiger partial charge is 0.664 e. The first-order valence-corrected chi connectivity index (χ1v) is 19.6. The molecule has 2 aromatic rings. The van der Waals surface area contributed by atoms with Crippen molar-refractivity contribution >= 4 is 69.8 Å². The number of nitrogens with zero attached hydrogens (tertiary/aromatic N) is 4. The summed E-state index contributed by atoms with van der Waals surface area (Å²) in [5, 5.41) is 59.2. The SMILES string of the molecule is C[C@@]1(CC(N)=O)c2cc3[n-]c(cc4nc(cc5[n-]c(cc(n2)[C@H]1CCC(=O)O)[C@@](C)(CC(N)=O)[C@@H]5CCC(=O)O)C(CC(=O)O)=C4CCC(=O)O)c(CCC(=O)O)c3CC(=O)O.[Ni+2]. The Morgan fingerprint density at radius 1 is 0.587 bits per heavy atom. The number of allylic oxidation sites excluding steroid dienone is 1. The molecule has 0 saturated carbocycles. The van der Waals surface area contributed by atoms with Gasteiger partial charge in [-0.3, -0.25) is 43.3 Å². The monoisotopic (exact) mass is 916 g/mol. The molecule has 0 fully saturated rings. The van der Waals surface area contributed by atoms with Gasteiger partial charge in [0.2, 0.25) is 11.8 Å². The molecule has 3 aliphatic rings. The second-order valence-corrected chi connectivity index (χ2v) is 16.1. The number of fused-ring (bicyclic) bond motifs is 8. The summed E-state index contributed by atoms with van der Waals surface area (Å²) in [4.78, 5) is 118. The van der Waals surface area contributed by atoms with E-state index in [1.54, 1.807) is 13.8 Å². The Morgan fingerprint density at radius 2 is 1.11 bits per heavy atom. The minimum Gasteiger partial charge on any atom is -0.664 e. The van der Waals surface area contributed by atoms with Crippen LogP contribution in [0.25, 0.3) is 22.2 Å². The molecule has 0 unspecified atom stereocenters. The average Bonchev–Trinajstić information content (AvgIpc) is 3.77. The van der Waals surface area contributed by atoms with E-state index in [9.17, 15) is 69.0 Å². The van der Waals surface area contributed by atoms with Crippen LogP contribution in [-0.2, 0) is 78.5 Å². The molecule has 2 aromatic heterocycles. The summed E-state index contributed by atoms with van der Waals surface area (Å²) >= 11 is 0. The van der Waals surface area contributed by atoms with Gasteiger partial charge in [0.1, 0.15) is 0 Å².